The van der Waals surface area contributed by atoms with Crippen LogP contribution >= 0.6 is 15.9 Å². The van der Waals surface area contributed by atoms with Crippen LogP contribution in [0.3, 0.4) is 0 Å². The fourth-order valence-corrected chi connectivity index (χ4v) is 2.97. The molecule has 0 aliphatic carbocycles. The number of anilines is 1. The number of hydrogen-bond acceptors (Lipinski definition) is 3. The van der Waals surface area contributed by atoms with E-state index in [-0.39, 0.29) is 0 Å². The first-order chi connectivity index (χ1) is 9.51. The van der Waals surface area contributed by atoms with E-state index in [0.717, 1.165) is 36.1 Å². The van der Waals surface area contributed by atoms with Crippen LogP contribution in [0.5, 0.6) is 0 Å². The minimum Gasteiger partial charge on any atom is -0.313 e. The number of likely N-dealkylation sites (tertiary alicyclic amines) is 1. The normalized spacial score (nSPS) is 23.2. The number of nitrogens with zero attached hydrogens (tertiary/aromatic N) is 3. The maximum Gasteiger partial charge on any atom is 0.214 e. The number of likely N-dealkylation sites (N-methyl/N-ethyl adjacent to an activating group) is 2. The lowest BCUT2D eigenvalue weighted by molar-refractivity contribution is -0.107. The van der Waals surface area contributed by atoms with E-state index in [1.807, 2.05) is 24.3 Å². The summed E-state index contributed by atoms with van der Waals surface area (Å²) in [6, 6.07) is 8.85. The van der Waals surface area contributed by atoms with Crippen molar-refractivity contribution in [2.75, 3.05) is 39.1 Å². The molecule has 0 aromatic heterocycles. The van der Waals surface area contributed by atoms with Gasteiger partial charge in [-0.1, -0.05) is 15.9 Å². The Hall–Kier alpha value is -0.910. The first-order valence-corrected chi connectivity index (χ1v) is 7.64. The molecule has 20 heavy (non-hydrogen) atoms. The van der Waals surface area contributed by atoms with Crippen molar-refractivity contribution in [3.05, 3.63) is 28.7 Å². The van der Waals surface area contributed by atoms with Crippen LogP contribution < -0.4 is 4.90 Å². The second kappa shape index (κ2) is 6.70. The van der Waals surface area contributed by atoms with Crippen LogP contribution in [-0.4, -0.2) is 62.5 Å². The molecule has 2 unspecified atom stereocenters. The maximum absolute atomic E-state index is 11.4. The highest BCUT2D eigenvalue weighted by molar-refractivity contribution is 9.10. The zero-order chi connectivity index (χ0) is 14.7. The van der Waals surface area contributed by atoms with Gasteiger partial charge in [0.1, 0.15) is 0 Å². The topological polar surface area (TPSA) is 26.8 Å². The van der Waals surface area contributed by atoms with Gasteiger partial charge in [0.25, 0.3) is 0 Å². The van der Waals surface area contributed by atoms with E-state index >= 15 is 0 Å². The summed E-state index contributed by atoms with van der Waals surface area (Å²) in [4.78, 5) is 17.8. The fourth-order valence-electron chi connectivity index (χ4n) is 2.71. The Morgan fingerprint density at radius 2 is 2.00 bits per heavy atom. The Labute approximate surface area is 129 Å². The highest BCUT2D eigenvalue weighted by Crippen LogP contribution is 2.23. The minimum atomic E-state index is 0.413. The first-order valence-electron chi connectivity index (χ1n) is 6.85. The van der Waals surface area contributed by atoms with E-state index in [9.17, 15) is 4.79 Å². The summed E-state index contributed by atoms with van der Waals surface area (Å²) in [6.07, 6.45) is 2.03. The molecule has 1 fully saturated rings. The third kappa shape index (κ3) is 3.59. The smallest absolute Gasteiger partial charge is 0.214 e. The SMILES string of the molecule is CN(C)C1CC(CN(C=O)c2ccc(Br)cc2)N(C)C1. The summed E-state index contributed by atoms with van der Waals surface area (Å²) < 4.78 is 1.03. The van der Waals surface area contributed by atoms with Crippen molar-refractivity contribution in [3.63, 3.8) is 0 Å². The van der Waals surface area contributed by atoms with Gasteiger partial charge in [-0.25, -0.2) is 0 Å². The molecule has 1 amide bonds. The molecule has 1 aromatic rings. The van der Waals surface area contributed by atoms with Crippen molar-refractivity contribution < 1.29 is 4.79 Å². The van der Waals surface area contributed by atoms with Gasteiger partial charge in [-0.15, -0.1) is 0 Å². The average molecular weight is 340 g/mol. The molecule has 1 aromatic carbocycles. The lowest BCUT2D eigenvalue weighted by atomic mass is 10.1. The third-order valence-corrected chi connectivity index (χ3v) is 4.62. The van der Waals surface area contributed by atoms with Crippen LogP contribution in [-0.2, 0) is 4.79 Å². The number of rotatable bonds is 5. The number of amides is 1. The molecule has 0 spiro atoms. The van der Waals surface area contributed by atoms with Gasteiger partial charge < -0.3 is 14.7 Å². The first kappa shape index (κ1) is 15.5. The van der Waals surface area contributed by atoms with Gasteiger partial charge in [0.15, 0.2) is 0 Å². The molecule has 1 aliphatic rings. The summed E-state index contributed by atoms with van der Waals surface area (Å²) in [5.41, 5.74) is 0.949. The average Bonchev–Trinajstić information content (AvgIpc) is 2.79. The van der Waals surface area contributed by atoms with Gasteiger partial charge in [-0.05, 0) is 51.8 Å². The Bertz CT molecular complexity index is 449. The zero-order valence-corrected chi connectivity index (χ0v) is 13.9. The van der Waals surface area contributed by atoms with E-state index in [1.165, 1.54) is 0 Å². The molecule has 0 saturated carbocycles. The van der Waals surface area contributed by atoms with Crippen molar-refractivity contribution in [3.8, 4) is 0 Å². The summed E-state index contributed by atoms with van der Waals surface area (Å²) >= 11 is 3.42. The minimum absolute atomic E-state index is 0.413. The quantitative estimate of drug-likeness (QED) is 0.768. The van der Waals surface area contributed by atoms with Crippen molar-refractivity contribution in [1.82, 2.24) is 9.80 Å². The molecular weight excluding hydrogens is 318 g/mol. The van der Waals surface area contributed by atoms with Crippen molar-refractivity contribution in [2.24, 2.45) is 0 Å². The van der Waals surface area contributed by atoms with E-state index in [0.29, 0.717) is 12.1 Å². The van der Waals surface area contributed by atoms with Gasteiger partial charge in [-0.2, -0.15) is 0 Å². The van der Waals surface area contributed by atoms with Crippen molar-refractivity contribution in [2.45, 2.75) is 18.5 Å². The molecule has 4 nitrogen and oxygen atoms in total. The molecule has 5 heteroatoms. The van der Waals surface area contributed by atoms with Crippen LogP contribution in [0.15, 0.2) is 28.7 Å². The second-order valence-electron chi connectivity index (χ2n) is 5.68. The Kier molecular flexibility index (Phi) is 5.18. The zero-order valence-electron chi connectivity index (χ0n) is 12.3. The van der Waals surface area contributed by atoms with Gasteiger partial charge >= 0.3 is 0 Å². The molecule has 110 valence electrons. The van der Waals surface area contributed by atoms with Crippen LogP contribution in [0.25, 0.3) is 0 Å². The van der Waals surface area contributed by atoms with E-state index in [4.69, 9.17) is 0 Å². The molecule has 2 atom stereocenters. The standard InChI is InChI=1S/C15H22BrN3O/c1-17(2)14-8-15(18(3)9-14)10-19(11-20)13-6-4-12(16)5-7-13/h4-7,11,14-15H,8-10H2,1-3H3. The molecule has 2 rings (SSSR count). The Morgan fingerprint density at radius 1 is 1.35 bits per heavy atom. The lowest BCUT2D eigenvalue weighted by Gasteiger charge is -2.25. The van der Waals surface area contributed by atoms with Gasteiger partial charge in [0.2, 0.25) is 6.41 Å². The second-order valence-corrected chi connectivity index (χ2v) is 6.60. The van der Waals surface area contributed by atoms with Gasteiger partial charge in [-0.3, -0.25) is 4.79 Å². The van der Waals surface area contributed by atoms with Crippen LogP contribution in [0.2, 0.25) is 0 Å². The van der Waals surface area contributed by atoms with Crippen molar-refractivity contribution >= 4 is 28.0 Å². The monoisotopic (exact) mass is 339 g/mol. The molecule has 1 aliphatic heterocycles. The summed E-state index contributed by atoms with van der Waals surface area (Å²) in [7, 11) is 6.37. The predicted molar refractivity (Wildman–Crippen MR) is 86.1 cm³/mol. The van der Waals surface area contributed by atoms with E-state index in [2.05, 4.69) is 46.9 Å². The number of benzene rings is 1. The molecule has 0 N–H and O–H groups in total. The molecule has 1 saturated heterocycles. The van der Waals surface area contributed by atoms with Gasteiger partial charge in [0, 0.05) is 35.3 Å². The maximum atomic E-state index is 11.4. The molecule has 0 bridgehead atoms. The van der Waals surface area contributed by atoms with E-state index in [1.54, 1.807) is 4.90 Å². The summed E-state index contributed by atoms with van der Waals surface area (Å²) in [5, 5.41) is 0. The fraction of sp³-hybridized carbons (Fsp3) is 0.533. The summed E-state index contributed by atoms with van der Waals surface area (Å²) in [5.74, 6) is 0. The van der Waals surface area contributed by atoms with E-state index < -0.39 is 0 Å². The molecule has 0 radical (unpaired) electrons. The van der Waals surface area contributed by atoms with Gasteiger partial charge in [0.05, 0.1) is 0 Å². The Morgan fingerprint density at radius 3 is 2.50 bits per heavy atom. The number of hydrogen-bond donors (Lipinski definition) is 0. The lowest BCUT2D eigenvalue weighted by Crippen LogP contribution is -2.38. The van der Waals surface area contributed by atoms with Crippen molar-refractivity contribution in [1.29, 1.82) is 0 Å². The van der Waals surface area contributed by atoms with Crippen LogP contribution in [0.1, 0.15) is 6.42 Å². The Balaban J connectivity index is 2.03. The van der Waals surface area contributed by atoms with Crippen LogP contribution in [0.4, 0.5) is 5.69 Å². The third-order valence-electron chi connectivity index (χ3n) is 4.09. The van der Waals surface area contributed by atoms with Crippen LogP contribution in [0, 0.1) is 0 Å². The highest BCUT2D eigenvalue weighted by Gasteiger charge is 2.31. The molecule has 1 heterocycles. The summed E-state index contributed by atoms with van der Waals surface area (Å²) in [6.45, 7) is 1.80. The largest absolute Gasteiger partial charge is 0.313 e. The number of halogens is 1. The predicted octanol–water partition coefficient (Wildman–Crippen LogP) is 2.05. The number of carbonyl (C=O) groups is 1. The number of carbonyl (C=O) groups excluding carboxylic acids is 1. The molecular formula is C15H22BrN3O. The highest BCUT2D eigenvalue weighted by atomic mass is 79.9.